The van der Waals surface area contributed by atoms with E-state index >= 15 is 0 Å². The van der Waals surface area contributed by atoms with Crippen LogP contribution >= 0.6 is 11.8 Å². The molecular weight excluding hydrogens is 230 g/mol. The molecule has 2 rings (SSSR count). The molecule has 0 saturated carbocycles. The minimum atomic E-state index is 0.0600. The van der Waals surface area contributed by atoms with E-state index in [0.717, 1.165) is 17.9 Å². The molecule has 3 nitrogen and oxygen atoms in total. The quantitative estimate of drug-likeness (QED) is 0.876. The average molecular weight is 251 g/mol. The van der Waals surface area contributed by atoms with Crippen LogP contribution in [0.1, 0.15) is 32.4 Å². The minimum Gasteiger partial charge on any atom is -0.352 e. The Morgan fingerprint density at radius 3 is 2.82 bits per heavy atom. The van der Waals surface area contributed by atoms with Crippen molar-refractivity contribution in [3.8, 4) is 0 Å². The highest BCUT2D eigenvalue weighted by Gasteiger charge is 2.25. The largest absolute Gasteiger partial charge is 0.352 e. The molecule has 1 aromatic heterocycles. The van der Waals surface area contributed by atoms with E-state index in [1.807, 2.05) is 24.9 Å². The van der Waals surface area contributed by atoms with Crippen LogP contribution in [0.5, 0.6) is 0 Å². The number of hydrogen-bond donors (Lipinski definition) is 1. The first-order valence-corrected chi connectivity index (χ1v) is 7.24. The highest BCUT2D eigenvalue weighted by atomic mass is 32.2. The fourth-order valence-corrected chi connectivity index (χ4v) is 3.19. The van der Waals surface area contributed by atoms with Gasteiger partial charge in [0.25, 0.3) is 0 Å². The normalized spacial score (nSPS) is 26.9. The number of nitrogens with two attached hydrogens (primary N) is 1. The lowest BCUT2D eigenvalue weighted by molar-refractivity contribution is 0.620. The van der Waals surface area contributed by atoms with Crippen molar-refractivity contribution in [1.82, 2.24) is 4.98 Å². The molecule has 0 spiro atoms. The molecule has 0 amide bonds. The van der Waals surface area contributed by atoms with E-state index < -0.39 is 0 Å². The maximum Gasteiger partial charge on any atom is 0.128 e. The summed E-state index contributed by atoms with van der Waals surface area (Å²) < 4.78 is 0. The Morgan fingerprint density at radius 1 is 1.47 bits per heavy atom. The third-order valence-electron chi connectivity index (χ3n) is 3.47. The summed E-state index contributed by atoms with van der Waals surface area (Å²) in [5, 5.41) is 0.665. The van der Waals surface area contributed by atoms with Gasteiger partial charge >= 0.3 is 0 Å². The molecule has 3 atom stereocenters. The molecule has 1 saturated heterocycles. The number of pyridine rings is 1. The molecule has 1 aromatic rings. The molecule has 2 heterocycles. The lowest BCUT2D eigenvalue weighted by Crippen LogP contribution is -2.45. The highest BCUT2D eigenvalue weighted by Crippen LogP contribution is 2.28. The van der Waals surface area contributed by atoms with Crippen LogP contribution < -0.4 is 10.6 Å². The van der Waals surface area contributed by atoms with Crippen LogP contribution in [-0.2, 0) is 0 Å². The first-order valence-electron chi connectivity index (χ1n) is 6.19. The molecule has 1 aliphatic rings. The van der Waals surface area contributed by atoms with Crippen LogP contribution in [-0.4, -0.2) is 28.6 Å². The average Bonchev–Trinajstić information content (AvgIpc) is 2.33. The number of aromatic nitrogens is 1. The predicted octanol–water partition coefficient (Wildman–Crippen LogP) is 2.43. The van der Waals surface area contributed by atoms with Gasteiger partial charge in [-0.2, -0.15) is 11.8 Å². The molecule has 0 radical (unpaired) electrons. The lowest BCUT2D eigenvalue weighted by atomic mass is 10.1. The fraction of sp³-hybridized carbons (Fsp3) is 0.615. The van der Waals surface area contributed by atoms with Crippen molar-refractivity contribution in [2.24, 2.45) is 5.73 Å². The predicted molar refractivity (Wildman–Crippen MR) is 75.6 cm³/mol. The van der Waals surface area contributed by atoms with Crippen molar-refractivity contribution in [3.63, 3.8) is 0 Å². The van der Waals surface area contributed by atoms with E-state index in [0.29, 0.717) is 11.3 Å². The number of rotatable bonds is 2. The van der Waals surface area contributed by atoms with E-state index in [1.54, 1.807) is 0 Å². The summed E-state index contributed by atoms with van der Waals surface area (Å²) in [6, 6.07) is 4.79. The summed E-state index contributed by atoms with van der Waals surface area (Å²) in [7, 11) is 0. The fourth-order valence-electron chi connectivity index (χ4n) is 2.09. The lowest BCUT2D eigenvalue weighted by Gasteiger charge is -2.38. The molecule has 0 aromatic carbocycles. The van der Waals surface area contributed by atoms with Crippen molar-refractivity contribution in [1.29, 1.82) is 0 Å². The first kappa shape index (κ1) is 12.7. The van der Waals surface area contributed by atoms with Crippen LogP contribution in [0.25, 0.3) is 0 Å². The zero-order chi connectivity index (χ0) is 12.4. The molecule has 0 bridgehead atoms. The van der Waals surface area contributed by atoms with Crippen LogP contribution in [0.4, 0.5) is 5.82 Å². The van der Waals surface area contributed by atoms with Gasteiger partial charge in [0.15, 0.2) is 0 Å². The third kappa shape index (κ3) is 2.75. The van der Waals surface area contributed by atoms with Crippen LogP contribution in [0, 0.1) is 0 Å². The van der Waals surface area contributed by atoms with Crippen molar-refractivity contribution in [3.05, 3.63) is 23.9 Å². The summed E-state index contributed by atoms with van der Waals surface area (Å²) >= 11 is 2.04. The molecule has 17 heavy (non-hydrogen) atoms. The monoisotopic (exact) mass is 251 g/mol. The van der Waals surface area contributed by atoms with Gasteiger partial charge in [0.1, 0.15) is 5.82 Å². The van der Waals surface area contributed by atoms with Gasteiger partial charge in [-0.3, -0.25) is 0 Å². The summed E-state index contributed by atoms with van der Waals surface area (Å²) in [5.41, 5.74) is 6.93. The SMILES string of the molecule is CC1SCCN(c2ccc([C@@H](C)N)cn2)C1C. The number of nitrogens with zero attached hydrogens (tertiary/aromatic N) is 2. The van der Waals surface area contributed by atoms with E-state index in [4.69, 9.17) is 5.73 Å². The maximum atomic E-state index is 5.83. The van der Waals surface area contributed by atoms with Gasteiger partial charge in [0.2, 0.25) is 0 Å². The van der Waals surface area contributed by atoms with Crippen molar-refractivity contribution in [2.45, 2.75) is 38.1 Å². The second kappa shape index (κ2) is 5.27. The van der Waals surface area contributed by atoms with Gasteiger partial charge in [0.05, 0.1) is 0 Å². The zero-order valence-electron chi connectivity index (χ0n) is 10.8. The van der Waals surface area contributed by atoms with Crippen molar-refractivity contribution in [2.75, 3.05) is 17.2 Å². The van der Waals surface area contributed by atoms with Gasteiger partial charge in [-0.05, 0) is 25.5 Å². The van der Waals surface area contributed by atoms with Crippen LogP contribution in [0.15, 0.2) is 18.3 Å². The summed E-state index contributed by atoms with van der Waals surface area (Å²) in [4.78, 5) is 6.94. The van der Waals surface area contributed by atoms with E-state index in [9.17, 15) is 0 Å². The molecule has 1 fully saturated rings. The summed E-state index contributed by atoms with van der Waals surface area (Å²) in [5.74, 6) is 2.26. The highest BCUT2D eigenvalue weighted by molar-refractivity contribution is 8.00. The Labute approximate surface area is 108 Å². The van der Waals surface area contributed by atoms with Crippen molar-refractivity contribution >= 4 is 17.6 Å². The summed E-state index contributed by atoms with van der Waals surface area (Å²) in [6.45, 7) is 7.63. The summed E-state index contributed by atoms with van der Waals surface area (Å²) in [6.07, 6.45) is 1.90. The second-order valence-corrected chi connectivity index (χ2v) is 6.23. The molecular formula is C13H21N3S. The number of anilines is 1. The third-order valence-corrected chi connectivity index (χ3v) is 4.81. The zero-order valence-corrected chi connectivity index (χ0v) is 11.6. The van der Waals surface area contributed by atoms with Crippen molar-refractivity contribution < 1.29 is 0 Å². The maximum absolute atomic E-state index is 5.83. The smallest absolute Gasteiger partial charge is 0.128 e. The van der Waals surface area contributed by atoms with Crippen LogP contribution in [0.3, 0.4) is 0 Å². The minimum absolute atomic E-state index is 0.0600. The van der Waals surface area contributed by atoms with E-state index in [-0.39, 0.29) is 6.04 Å². The Morgan fingerprint density at radius 2 is 2.24 bits per heavy atom. The standard InChI is InChI=1S/C13H21N3S/c1-9(14)12-4-5-13(15-8-12)16-6-7-17-11(3)10(16)2/h4-5,8-11H,6-7,14H2,1-3H3/t9-,10?,11?/m1/s1. The Balaban J connectivity index is 2.16. The van der Waals surface area contributed by atoms with Gasteiger partial charge < -0.3 is 10.6 Å². The molecule has 0 aliphatic carbocycles. The molecule has 4 heteroatoms. The van der Waals surface area contributed by atoms with E-state index in [1.165, 1.54) is 5.75 Å². The Kier molecular flexibility index (Phi) is 3.94. The molecule has 1 aliphatic heterocycles. The Hall–Kier alpha value is -0.740. The number of hydrogen-bond acceptors (Lipinski definition) is 4. The van der Waals surface area contributed by atoms with Gasteiger partial charge in [-0.1, -0.05) is 13.0 Å². The number of thioether (sulfide) groups is 1. The topological polar surface area (TPSA) is 42.1 Å². The molecule has 94 valence electrons. The Bertz CT molecular complexity index is 363. The van der Waals surface area contributed by atoms with Gasteiger partial charge in [-0.25, -0.2) is 4.98 Å². The van der Waals surface area contributed by atoms with E-state index in [2.05, 4.69) is 35.9 Å². The van der Waals surface area contributed by atoms with Gasteiger partial charge in [0, 0.05) is 35.8 Å². The van der Waals surface area contributed by atoms with Gasteiger partial charge in [-0.15, -0.1) is 0 Å². The first-order chi connectivity index (χ1) is 8.09. The second-order valence-electron chi connectivity index (χ2n) is 4.75. The molecule has 2 unspecified atom stereocenters. The molecule has 2 N–H and O–H groups in total. The van der Waals surface area contributed by atoms with Crippen LogP contribution in [0.2, 0.25) is 0 Å².